The first-order chi connectivity index (χ1) is 9.91. The Morgan fingerprint density at radius 2 is 2.10 bits per heavy atom. The van der Waals surface area contributed by atoms with Crippen molar-refractivity contribution in [2.45, 2.75) is 13.0 Å². The maximum atomic E-state index is 11.1. The smallest absolute Gasteiger partial charge is 0.329 e. The summed E-state index contributed by atoms with van der Waals surface area (Å²) in [6.45, 7) is 1.88. The lowest BCUT2D eigenvalue weighted by molar-refractivity contribution is -0.384. The second kappa shape index (κ2) is 5.92. The molecule has 21 heavy (non-hydrogen) atoms. The molecule has 0 amide bonds. The minimum Gasteiger partial charge on any atom is -0.368 e. The van der Waals surface area contributed by atoms with Gasteiger partial charge in [0.15, 0.2) is 0 Å². The quantitative estimate of drug-likeness (QED) is 0.689. The molecule has 0 bridgehead atoms. The minimum absolute atomic E-state index is 0.0196. The zero-order valence-electron chi connectivity index (χ0n) is 11.5. The number of nitrogens with zero attached hydrogens (tertiary/aromatic N) is 4. The third-order valence-electron chi connectivity index (χ3n) is 3.24. The second-order valence-corrected chi connectivity index (χ2v) is 4.91. The molecule has 110 valence electrons. The van der Waals surface area contributed by atoms with Crippen LogP contribution in [0.2, 0.25) is 5.02 Å². The van der Waals surface area contributed by atoms with Crippen molar-refractivity contribution in [3.05, 3.63) is 51.2 Å². The van der Waals surface area contributed by atoms with Crippen LogP contribution in [0.15, 0.2) is 30.5 Å². The van der Waals surface area contributed by atoms with Crippen molar-refractivity contribution >= 4 is 29.1 Å². The number of anilines is 2. The van der Waals surface area contributed by atoms with Gasteiger partial charge in [-0.05, 0) is 18.6 Å². The van der Waals surface area contributed by atoms with Crippen molar-refractivity contribution < 1.29 is 4.92 Å². The molecule has 0 fully saturated rings. The summed E-state index contributed by atoms with van der Waals surface area (Å²) in [5.74, 6) is 0.133. The molecule has 8 heteroatoms. The van der Waals surface area contributed by atoms with Gasteiger partial charge in [0.1, 0.15) is 6.20 Å². The molecule has 2 rings (SSSR count). The average molecular weight is 308 g/mol. The van der Waals surface area contributed by atoms with Crippen LogP contribution < -0.4 is 10.6 Å². The second-order valence-electron chi connectivity index (χ2n) is 4.50. The van der Waals surface area contributed by atoms with E-state index in [0.717, 1.165) is 11.8 Å². The number of halogens is 1. The molecule has 0 spiro atoms. The summed E-state index contributed by atoms with van der Waals surface area (Å²) in [5, 5.41) is 11.7. The Hall–Kier alpha value is -2.41. The summed E-state index contributed by atoms with van der Waals surface area (Å²) in [4.78, 5) is 19.9. The zero-order valence-corrected chi connectivity index (χ0v) is 12.3. The normalized spacial score (nSPS) is 12.0. The van der Waals surface area contributed by atoms with Crippen LogP contribution in [-0.2, 0) is 0 Å². The van der Waals surface area contributed by atoms with E-state index in [1.165, 1.54) is 0 Å². The third kappa shape index (κ3) is 3.03. The van der Waals surface area contributed by atoms with Crippen LogP contribution in [-0.4, -0.2) is 21.9 Å². The first-order valence-corrected chi connectivity index (χ1v) is 6.53. The van der Waals surface area contributed by atoms with E-state index in [1.807, 2.05) is 25.1 Å². The predicted molar refractivity (Wildman–Crippen MR) is 81.4 cm³/mol. The van der Waals surface area contributed by atoms with Crippen molar-refractivity contribution in [1.82, 2.24) is 9.97 Å². The van der Waals surface area contributed by atoms with Crippen LogP contribution >= 0.6 is 11.6 Å². The van der Waals surface area contributed by atoms with Gasteiger partial charge < -0.3 is 10.6 Å². The number of benzene rings is 1. The lowest BCUT2D eigenvalue weighted by Gasteiger charge is -2.26. The highest BCUT2D eigenvalue weighted by atomic mass is 35.5. The summed E-state index contributed by atoms with van der Waals surface area (Å²) in [7, 11) is 1.70. The summed E-state index contributed by atoms with van der Waals surface area (Å²) in [5.41, 5.74) is 6.17. The number of hydrogen-bond acceptors (Lipinski definition) is 6. The van der Waals surface area contributed by atoms with Crippen molar-refractivity contribution in [3.63, 3.8) is 0 Å². The lowest BCUT2D eigenvalue weighted by atomic mass is 10.1. The number of nitro groups is 1. The molecule has 0 aliphatic heterocycles. The van der Waals surface area contributed by atoms with Gasteiger partial charge in [-0.3, -0.25) is 10.1 Å². The standard InChI is InChI=1S/C13H14ClN5O2/c1-8(9-5-3-4-6-10(9)14)18(2)12-11(19(20)21)7-16-13(15)17-12/h3-8H,1-2H3,(H2,15,16,17). The fourth-order valence-corrected chi connectivity index (χ4v) is 2.27. The lowest BCUT2D eigenvalue weighted by Crippen LogP contribution is -2.24. The maximum Gasteiger partial charge on any atom is 0.329 e. The first-order valence-electron chi connectivity index (χ1n) is 6.16. The number of rotatable bonds is 4. The Labute approximate surface area is 126 Å². The molecular formula is C13H14ClN5O2. The molecule has 1 aromatic heterocycles. The molecule has 1 heterocycles. The van der Waals surface area contributed by atoms with Crippen LogP contribution in [0.25, 0.3) is 0 Å². The predicted octanol–water partition coefficient (Wildman–Crippen LogP) is 2.82. The Kier molecular flexibility index (Phi) is 4.23. The van der Waals surface area contributed by atoms with E-state index in [9.17, 15) is 10.1 Å². The van der Waals surface area contributed by atoms with E-state index in [0.29, 0.717) is 5.02 Å². The zero-order chi connectivity index (χ0) is 15.6. The summed E-state index contributed by atoms with van der Waals surface area (Å²) in [6.07, 6.45) is 1.10. The Morgan fingerprint density at radius 1 is 1.43 bits per heavy atom. The van der Waals surface area contributed by atoms with Crippen LogP contribution in [0, 0.1) is 10.1 Å². The third-order valence-corrected chi connectivity index (χ3v) is 3.58. The highest BCUT2D eigenvalue weighted by molar-refractivity contribution is 6.31. The van der Waals surface area contributed by atoms with Crippen molar-refractivity contribution in [3.8, 4) is 0 Å². The molecular weight excluding hydrogens is 294 g/mol. The van der Waals surface area contributed by atoms with Crippen molar-refractivity contribution in [2.75, 3.05) is 17.7 Å². The summed E-state index contributed by atoms with van der Waals surface area (Å²) in [6, 6.07) is 7.09. The number of aromatic nitrogens is 2. The van der Waals surface area contributed by atoms with E-state index >= 15 is 0 Å². The number of hydrogen-bond donors (Lipinski definition) is 1. The van der Waals surface area contributed by atoms with Gasteiger partial charge in [0.25, 0.3) is 0 Å². The molecule has 2 N–H and O–H groups in total. The van der Waals surface area contributed by atoms with Gasteiger partial charge in [0, 0.05) is 12.1 Å². The molecule has 7 nitrogen and oxygen atoms in total. The molecule has 0 saturated carbocycles. The van der Waals surface area contributed by atoms with E-state index in [2.05, 4.69) is 9.97 Å². The largest absolute Gasteiger partial charge is 0.368 e. The van der Waals surface area contributed by atoms with E-state index < -0.39 is 4.92 Å². The monoisotopic (exact) mass is 307 g/mol. The van der Waals surface area contributed by atoms with Gasteiger partial charge in [-0.1, -0.05) is 29.8 Å². The van der Waals surface area contributed by atoms with Crippen LogP contribution in [0.3, 0.4) is 0 Å². The number of nitrogens with two attached hydrogens (primary N) is 1. The van der Waals surface area contributed by atoms with E-state index in [-0.39, 0.29) is 23.5 Å². The van der Waals surface area contributed by atoms with Gasteiger partial charge in [-0.2, -0.15) is 4.98 Å². The average Bonchev–Trinajstić information content (AvgIpc) is 2.45. The molecule has 0 aliphatic carbocycles. The molecule has 0 saturated heterocycles. The van der Waals surface area contributed by atoms with Crippen molar-refractivity contribution in [2.24, 2.45) is 0 Å². The summed E-state index contributed by atoms with van der Waals surface area (Å²) < 4.78 is 0. The first kappa shape index (κ1) is 15.0. The molecule has 0 radical (unpaired) electrons. The van der Waals surface area contributed by atoms with Gasteiger partial charge in [0.05, 0.1) is 11.0 Å². The Balaban J connectivity index is 2.44. The Morgan fingerprint density at radius 3 is 2.71 bits per heavy atom. The molecule has 1 aromatic carbocycles. The molecule has 0 aliphatic rings. The van der Waals surface area contributed by atoms with Crippen LogP contribution in [0.5, 0.6) is 0 Å². The maximum absolute atomic E-state index is 11.1. The van der Waals surface area contributed by atoms with Gasteiger partial charge in [0.2, 0.25) is 11.8 Å². The Bertz CT molecular complexity index is 679. The van der Waals surface area contributed by atoms with E-state index in [1.54, 1.807) is 18.0 Å². The fraction of sp³-hybridized carbons (Fsp3) is 0.231. The van der Waals surface area contributed by atoms with Crippen LogP contribution in [0.1, 0.15) is 18.5 Å². The highest BCUT2D eigenvalue weighted by Gasteiger charge is 2.25. The fourth-order valence-electron chi connectivity index (χ4n) is 1.97. The molecule has 1 atom stereocenters. The van der Waals surface area contributed by atoms with Crippen molar-refractivity contribution in [1.29, 1.82) is 0 Å². The topological polar surface area (TPSA) is 98.2 Å². The number of nitrogen functional groups attached to an aromatic ring is 1. The highest BCUT2D eigenvalue weighted by Crippen LogP contribution is 2.33. The van der Waals surface area contributed by atoms with Gasteiger partial charge >= 0.3 is 5.69 Å². The van der Waals surface area contributed by atoms with Gasteiger partial charge in [-0.25, -0.2) is 4.98 Å². The van der Waals surface area contributed by atoms with Gasteiger partial charge in [-0.15, -0.1) is 0 Å². The summed E-state index contributed by atoms with van der Waals surface area (Å²) >= 11 is 6.17. The molecule has 1 unspecified atom stereocenters. The van der Waals surface area contributed by atoms with E-state index in [4.69, 9.17) is 17.3 Å². The SMILES string of the molecule is CC(c1ccccc1Cl)N(C)c1nc(N)ncc1[N+](=O)[O-]. The molecule has 2 aromatic rings. The minimum atomic E-state index is -0.537. The van der Waals surface area contributed by atoms with Crippen LogP contribution in [0.4, 0.5) is 17.5 Å².